The summed E-state index contributed by atoms with van der Waals surface area (Å²) in [5, 5.41) is 27.8. The van der Waals surface area contributed by atoms with E-state index in [1.54, 1.807) is 19.2 Å². The van der Waals surface area contributed by atoms with Crippen molar-refractivity contribution in [2.24, 2.45) is 5.92 Å². The molecule has 0 atom stereocenters. The van der Waals surface area contributed by atoms with E-state index in [1.807, 2.05) is 5.41 Å². The van der Waals surface area contributed by atoms with E-state index in [-0.39, 0.29) is 13.2 Å². The van der Waals surface area contributed by atoms with Crippen LogP contribution in [0.2, 0.25) is 0 Å². The molecule has 32 heavy (non-hydrogen) atoms. The Kier molecular flexibility index (Phi) is 10.1. The number of amides is 2. The lowest BCUT2D eigenvalue weighted by atomic mass is 10.1. The molecule has 1 aliphatic rings. The third-order valence-corrected chi connectivity index (χ3v) is 5.36. The van der Waals surface area contributed by atoms with Crippen LogP contribution >= 0.6 is 11.8 Å². The molecule has 0 unspecified atom stereocenters. The first kappa shape index (κ1) is 25.3. The van der Waals surface area contributed by atoms with Crippen LogP contribution in [0.25, 0.3) is 5.57 Å². The van der Waals surface area contributed by atoms with Gasteiger partial charge in [-0.2, -0.15) is 5.26 Å². The maximum atomic E-state index is 12.1. The van der Waals surface area contributed by atoms with Gasteiger partial charge in [-0.15, -0.1) is 0 Å². The third kappa shape index (κ3) is 7.05. The lowest BCUT2D eigenvalue weighted by Crippen LogP contribution is -2.42. The largest absolute Gasteiger partial charge is 0.387 e. The molecule has 0 fully saturated rings. The van der Waals surface area contributed by atoms with Crippen molar-refractivity contribution in [2.45, 2.75) is 27.2 Å². The van der Waals surface area contributed by atoms with Crippen LogP contribution in [-0.2, 0) is 14.3 Å². The number of nitrogens with one attached hydrogen (secondary N) is 2. The van der Waals surface area contributed by atoms with Crippen LogP contribution < -0.4 is 10.6 Å². The molecule has 0 radical (unpaired) electrons. The normalized spacial score (nSPS) is 14.4. The Morgan fingerprint density at radius 1 is 1.41 bits per heavy atom. The Morgan fingerprint density at radius 2 is 2.19 bits per heavy atom. The van der Waals surface area contributed by atoms with Gasteiger partial charge in [0, 0.05) is 31.6 Å². The summed E-state index contributed by atoms with van der Waals surface area (Å²) in [7, 11) is 0. The van der Waals surface area contributed by atoms with Gasteiger partial charge in [-0.25, -0.2) is 9.97 Å². The second-order valence-electron chi connectivity index (χ2n) is 7.07. The number of thioether (sulfide) groups is 1. The smallest absolute Gasteiger partial charge is 0.255 e. The zero-order valence-corrected chi connectivity index (χ0v) is 19.2. The fourth-order valence-electron chi connectivity index (χ4n) is 2.70. The van der Waals surface area contributed by atoms with E-state index in [0.717, 1.165) is 15.6 Å². The number of aliphatic hydroxyl groups is 1. The molecule has 10 nitrogen and oxygen atoms in total. The monoisotopic (exact) mass is 460 g/mol. The SMILES string of the molecule is CCOCC(=O)N(CCCNc1nccc(/C(C#N)=C2/NC(C(C)C)=CS2)n1)C(=O)CO. The summed E-state index contributed by atoms with van der Waals surface area (Å²) >= 11 is 1.45. The van der Waals surface area contributed by atoms with Crippen molar-refractivity contribution >= 4 is 35.1 Å². The zero-order chi connectivity index (χ0) is 23.5. The van der Waals surface area contributed by atoms with Crippen LogP contribution in [0, 0.1) is 17.2 Å². The Labute approximate surface area is 191 Å². The molecule has 3 N–H and O–H groups in total. The van der Waals surface area contributed by atoms with Gasteiger partial charge in [0.15, 0.2) is 0 Å². The Hall–Kier alpha value is -2.94. The molecule has 2 heterocycles. The van der Waals surface area contributed by atoms with Gasteiger partial charge in [-0.3, -0.25) is 14.5 Å². The van der Waals surface area contributed by atoms with Gasteiger partial charge in [0.05, 0.1) is 10.7 Å². The average molecular weight is 461 g/mol. The molecule has 1 aliphatic heterocycles. The maximum absolute atomic E-state index is 12.1. The molecule has 1 aromatic heterocycles. The highest BCUT2D eigenvalue weighted by Crippen LogP contribution is 2.33. The van der Waals surface area contributed by atoms with Crippen molar-refractivity contribution in [3.8, 4) is 6.07 Å². The number of nitrogens with zero attached hydrogens (tertiary/aromatic N) is 4. The van der Waals surface area contributed by atoms with E-state index >= 15 is 0 Å². The molecule has 0 aromatic carbocycles. The maximum Gasteiger partial charge on any atom is 0.255 e. The number of hydrogen-bond acceptors (Lipinski definition) is 10. The predicted octanol–water partition coefficient (Wildman–Crippen LogP) is 1.69. The van der Waals surface area contributed by atoms with Crippen LogP contribution in [0.3, 0.4) is 0 Å². The molecule has 2 rings (SSSR count). The minimum absolute atomic E-state index is 0.121. The molecule has 0 spiro atoms. The van der Waals surface area contributed by atoms with Crippen LogP contribution in [0.5, 0.6) is 0 Å². The first-order chi connectivity index (χ1) is 15.4. The predicted molar refractivity (Wildman–Crippen MR) is 122 cm³/mol. The van der Waals surface area contributed by atoms with Crippen LogP contribution in [0.15, 0.2) is 28.4 Å². The summed E-state index contributed by atoms with van der Waals surface area (Å²) in [6, 6.07) is 3.87. The number of aromatic nitrogens is 2. The Bertz CT molecular complexity index is 925. The quantitative estimate of drug-likeness (QED) is 0.330. The average Bonchev–Trinajstić information content (AvgIpc) is 3.28. The van der Waals surface area contributed by atoms with Gasteiger partial charge in [0.2, 0.25) is 5.95 Å². The van der Waals surface area contributed by atoms with Gasteiger partial charge < -0.3 is 20.5 Å². The van der Waals surface area contributed by atoms with E-state index in [9.17, 15) is 14.9 Å². The van der Waals surface area contributed by atoms with E-state index in [0.29, 0.717) is 42.7 Å². The summed E-state index contributed by atoms with van der Waals surface area (Å²) in [4.78, 5) is 33.5. The van der Waals surface area contributed by atoms with Gasteiger partial charge >= 0.3 is 0 Å². The van der Waals surface area contributed by atoms with E-state index < -0.39 is 18.4 Å². The van der Waals surface area contributed by atoms with Crippen molar-refractivity contribution < 1.29 is 19.4 Å². The fraction of sp³-hybridized carbons (Fsp3) is 0.476. The number of imide groups is 1. The topological polar surface area (TPSA) is 140 Å². The Morgan fingerprint density at radius 3 is 2.81 bits per heavy atom. The number of allylic oxidation sites excluding steroid dienone is 2. The number of anilines is 1. The van der Waals surface area contributed by atoms with Crippen LogP contribution in [0.1, 0.15) is 32.9 Å². The molecule has 11 heteroatoms. The van der Waals surface area contributed by atoms with E-state index in [2.05, 4.69) is 40.5 Å². The van der Waals surface area contributed by atoms with Crippen molar-refractivity contribution in [3.63, 3.8) is 0 Å². The number of aliphatic hydroxyl groups excluding tert-OH is 1. The highest BCUT2D eigenvalue weighted by molar-refractivity contribution is 8.06. The number of carbonyl (C=O) groups is 2. The number of rotatable bonds is 11. The minimum Gasteiger partial charge on any atom is -0.387 e. The Balaban J connectivity index is 1.97. The highest BCUT2D eigenvalue weighted by Gasteiger charge is 2.21. The number of nitriles is 1. The zero-order valence-electron chi connectivity index (χ0n) is 18.4. The molecule has 0 saturated carbocycles. The van der Waals surface area contributed by atoms with Crippen LogP contribution in [-0.4, -0.2) is 64.7 Å². The summed E-state index contributed by atoms with van der Waals surface area (Å²) in [5.41, 5.74) is 1.96. The van der Waals surface area contributed by atoms with Crippen molar-refractivity contribution in [3.05, 3.63) is 34.1 Å². The van der Waals surface area contributed by atoms with Crippen molar-refractivity contribution in [2.75, 3.05) is 38.2 Å². The number of ether oxygens (including phenoxy) is 1. The van der Waals surface area contributed by atoms with Crippen LogP contribution in [0.4, 0.5) is 5.95 Å². The summed E-state index contributed by atoms with van der Waals surface area (Å²) in [5.74, 6) is -0.517. The molecule has 172 valence electrons. The van der Waals surface area contributed by atoms with Gasteiger partial charge in [0.25, 0.3) is 11.8 Å². The molecule has 2 amide bonds. The first-order valence-electron chi connectivity index (χ1n) is 10.3. The van der Waals surface area contributed by atoms with Gasteiger partial charge in [0.1, 0.15) is 24.9 Å². The summed E-state index contributed by atoms with van der Waals surface area (Å²) in [6.45, 7) is 5.78. The van der Waals surface area contributed by atoms with E-state index in [1.165, 1.54) is 11.8 Å². The molecule has 0 aliphatic carbocycles. The number of hydrogen-bond donors (Lipinski definition) is 3. The minimum atomic E-state index is -0.749. The second-order valence-corrected chi connectivity index (χ2v) is 7.95. The molecule has 0 bridgehead atoms. The van der Waals surface area contributed by atoms with Crippen molar-refractivity contribution in [1.82, 2.24) is 20.2 Å². The van der Waals surface area contributed by atoms with Gasteiger partial charge in [-0.05, 0) is 30.7 Å². The molecule has 0 saturated heterocycles. The fourth-order valence-corrected chi connectivity index (χ4v) is 3.72. The summed E-state index contributed by atoms with van der Waals surface area (Å²) in [6.07, 6.45) is 1.98. The lowest BCUT2D eigenvalue weighted by molar-refractivity contribution is -0.149. The van der Waals surface area contributed by atoms with Crippen molar-refractivity contribution in [1.29, 1.82) is 5.26 Å². The third-order valence-electron chi connectivity index (χ3n) is 4.44. The number of carbonyl (C=O) groups excluding carboxylic acids is 2. The molecular formula is C21H28N6O4S. The van der Waals surface area contributed by atoms with E-state index in [4.69, 9.17) is 9.84 Å². The molecule has 1 aromatic rings. The summed E-state index contributed by atoms with van der Waals surface area (Å²) < 4.78 is 5.05. The second kappa shape index (κ2) is 12.8. The van der Waals surface area contributed by atoms with Gasteiger partial charge in [-0.1, -0.05) is 25.6 Å². The molecular weight excluding hydrogens is 432 g/mol. The first-order valence-corrected chi connectivity index (χ1v) is 11.2. The lowest BCUT2D eigenvalue weighted by Gasteiger charge is -2.20. The highest BCUT2D eigenvalue weighted by atomic mass is 32.2. The standard InChI is InChI=1S/C21H28N6O4S/c1-4-31-12-19(30)27(18(29)11-28)9-5-7-23-21-24-8-6-16(26-21)15(10-22)20-25-17(13-32-20)14(2)3/h6,8,13-14,25,28H,4-5,7,9,11-12H2,1-3H3,(H,23,24,26)/b20-15-.